The standard InChI is InChI=1S/C18H31N3/c1-4-15-7-9-16(10-8-15)18(13-19)21-12-11-20(6-3)14-17(21)5-2/h7-10,17-18H,4-6,11-14,19H2,1-3H3. The van der Waals surface area contributed by atoms with Gasteiger partial charge in [0.05, 0.1) is 0 Å². The zero-order chi connectivity index (χ0) is 15.2. The zero-order valence-electron chi connectivity index (χ0n) is 13.9. The number of nitrogens with zero attached hydrogens (tertiary/aromatic N) is 2. The van der Waals surface area contributed by atoms with Gasteiger partial charge in [-0.3, -0.25) is 4.90 Å². The van der Waals surface area contributed by atoms with E-state index in [1.54, 1.807) is 0 Å². The fourth-order valence-corrected chi connectivity index (χ4v) is 3.43. The topological polar surface area (TPSA) is 32.5 Å². The predicted octanol–water partition coefficient (Wildman–Crippen LogP) is 2.66. The number of likely N-dealkylation sites (N-methyl/N-ethyl adjacent to an activating group) is 1. The van der Waals surface area contributed by atoms with Crippen molar-refractivity contribution in [2.45, 2.75) is 45.7 Å². The monoisotopic (exact) mass is 289 g/mol. The molecule has 0 aromatic heterocycles. The molecule has 1 saturated heterocycles. The normalized spacial score (nSPS) is 22.4. The molecule has 118 valence electrons. The summed E-state index contributed by atoms with van der Waals surface area (Å²) >= 11 is 0. The minimum absolute atomic E-state index is 0.361. The van der Waals surface area contributed by atoms with Crippen molar-refractivity contribution in [3.8, 4) is 0 Å². The van der Waals surface area contributed by atoms with E-state index in [0.717, 1.165) is 26.1 Å². The van der Waals surface area contributed by atoms with Crippen molar-refractivity contribution in [3.05, 3.63) is 35.4 Å². The Morgan fingerprint density at radius 3 is 2.38 bits per heavy atom. The van der Waals surface area contributed by atoms with Crippen LogP contribution in [-0.4, -0.2) is 48.6 Å². The van der Waals surface area contributed by atoms with Crippen LogP contribution in [0.4, 0.5) is 0 Å². The molecule has 3 heteroatoms. The summed E-state index contributed by atoms with van der Waals surface area (Å²) in [5, 5.41) is 0. The summed E-state index contributed by atoms with van der Waals surface area (Å²) in [6.07, 6.45) is 2.29. The molecular weight excluding hydrogens is 258 g/mol. The molecule has 0 spiro atoms. The molecule has 2 N–H and O–H groups in total. The Hall–Kier alpha value is -0.900. The maximum atomic E-state index is 6.14. The third-order valence-electron chi connectivity index (χ3n) is 4.93. The zero-order valence-corrected chi connectivity index (χ0v) is 13.9. The Kier molecular flexibility index (Phi) is 6.22. The molecule has 1 aliphatic rings. The van der Waals surface area contributed by atoms with E-state index < -0.39 is 0 Å². The molecule has 0 radical (unpaired) electrons. The van der Waals surface area contributed by atoms with Gasteiger partial charge < -0.3 is 10.6 Å². The van der Waals surface area contributed by atoms with Gasteiger partial charge in [-0.25, -0.2) is 0 Å². The van der Waals surface area contributed by atoms with Crippen molar-refractivity contribution in [2.24, 2.45) is 5.73 Å². The van der Waals surface area contributed by atoms with Crippen molar-refractivity contribution >= 4 is 0 Å². The smallest absolute Gasteiger partial charge is 0.0474 e. The van der Waals surface area contributed by atoms with Gasteiger partial charge in [0.15, 0.2) is 0 Å². The lowest BCUT2D eigenvalue weighted by Crippen LogP contribution is -2.54. The average Bonchev–Trinajstić information content (AvgIpc) is 2.56. The maximum Gasteiger partial charge on any atom is 0.0474 e. The highest BCUT2D eigenvalue weighted by Gasteiger charge is 2.30. The first-order valence-electron chi connectivity index (χ1n) is 8.50. The summed E-state index contributed by atoms with van der Waals surface area (Å²) in [5.74, 6) is 0. The van der Waals surface area contributed by atoms with Gasteiger partial charge in [-0.2, -0.15) is 0 Å². The van der Waals surface area contributed by atoms with E-state index in [1.165, 1.54) is 24.1 Å². The van der Waals surface area contributed by atoms with E-state index in [1.807, 2.05) is 0 Å². The molecule has 1 fully saturated rings. The van der Waals surface area contributed by atoms with Gasteiger partial charge in [-0.15, -0.1) is 0 Å². The quantitative estimate of drug-likeness (QED) is 0.874. The molecule has 2 rings (SSSR count). The molecule has 3 nitrogen and oxygen atoms in total. The van der Waals surface area contributed by atoms with Crippen molar-refractivity contribution in [1.82, 2.24) is 9.80 Å². The summed E-state index contributed by atoms with van der Waals surface area (Å²) in [6.45, 7) is 12.1. The van der Waals surface area contributed by atoms with Crippen molar-refractivity contribution in [1.29, 1.82) is 0 Å². The molecule has 2 unspecified atom stereocenters. The van der Waals surface area contributed by atoms with Crippen molar-refractivity contribution in [3.63, 3.8) is 0 Å². The maximum absolute atomic E-state index is 6.14. The van der Waals surface area contributed by atoms with Crippen LogP contribution in [0.3, 0.4) is 0 Å². The molecule has 21 heavy (non-hydrogen) atoms. The Morgan fingerprint density at radius 1 is 1.14 bits per heavy atom. The minimum Gasteiger partial charge on any atom is -0.329 e. The van der Waals surface area contributed by atoms with Gasteiger partial charge in [0.2, 0.25) is 0 Å². The third kappa shape index (κ3) is 3.85. The lowest BCUT2D eigenvalue weighted by Gasteiger charge is -2.45. The lowest BCUT2D eigenvalue weighted by atomic mass is 9.98. The van der Waals surface area contributed by atoms with Crippen LogP contribution in [0.1, 0.15) is 44.4 Å². The number of hydrogen-bond acceptors (Lipinski definition) is 3. The molecule has 0 aliphatic carbocycles. The Balaban J connectivity index is 2.15. The van der Waals surface area contributed by atoms with E-state index in [4.69, 9.17) is 5.73 Å². The van der Waals surface area contributed by atoms with Crippen LogP contribution in [0.2, 0.25) is 0 Å². The fourth-order valence-electron chi connectivity index (χ4n) is 3.43. The van der Waals surface area contributed by atoms with Gasteiger partial charge in [0.1, 0.15) is 0 Å². The van der Waals surface area contributed by atoms with Crippen LogP contribution in [0.25, 0.3) is 0 Å². The second kappa shape index (κ2) is 7.92. The number of nitrogens with two attached hydrogens (primary N) is 1. The highest BCUT2D eigenvalue weighted by atomic mass is 15.3. The summed E-state index contributed by atoms with van der Waals surface area (Å²) in [7, 11) is 0. The van der Waals surface area contributed by atoms with Gasteiger partial charge in [0, 0.05) is 38.3 Å². The van der Waals surface area contributed by atoms with Crippen LogP contribution in [0.15, 0.2) is 24.3 Å². The fraction of sp³-hybridized carbons (Fsp3) is 0.667. The highest BCUT2D eigenvalue weighted by Crippen LogP contribution is 2.26. The first-order chi connectivity index (χ1) is 10.2. The lowest BCUT2D eigenvalue weighted by molar-refractivity contribution is 0.0427. The summed E-state index contributed by atoms with van der Waals surface area (Å²) < 4.78 is 0. The summed E-state index contributed by atoms with van der Waals surface area (Å²) in [5.41, 5.74) is 8.91. The number of benzene rings is 1. The van der Waals surface area contributed by atoms with E-state index >= 15 is 0 Å². The molecule has 1 aromatic rings. The van der Waals surface area contributed by atoms with Crippen LogP contribution >= 0.6 is 0 Å². The third-order valence-corrected chi connectivity index (χ3v) is 4.93. The van der Waals surface area contributed by atoms with Crippen LogP contribution in [0, 0.1) is 0 Å². The number of rotatable bonds is 6. The summed E-state index contributed by atoms with van der Waals surface area (Å²) in [6, 6.07) is 10.0. The highest BCUT2D eigenvalue weighted by molar-refractivity contribution is 5.25. The van der Waals surface area contributed by atoms with Crippen molar-refractivity contribution < 1.29 is 0 Å². The van der Waals surface area contributed by atoms with E-state index in [2.05, 4.69) is 54.8 Å². The predicted molar refractivity (Wildman–Crippen MR) is 90.5 cm³/mol. The van der Waals surface area contributed by atoms with Gasteiger partial charge in [-0.1, -0.05) is 45.0 Å². The molecule has 0 saturated carbocycles. The van der Waals surface area contributed by atoms with E-state index in [0.29, 0.717) is 18.6 Å². The number of piperazine rings is 1. The average molecular weight is 289 g/mol. The molecule has 0 amide bonds. The molecule has 1 heterocycles. The molecule has 1 aliphatic heterocycles. The number of hydrogen-bond donors (Lipinski definition) is 1. The van der Waals surface area contributed by atoms with Gasteiger partial charge in [0.25, 0.3) is 0 Å². The molecular formula is C18H31N3. The van der Waals surface area contributed by atoms with Gasteiger partial charge >= 0.3 is 0 Å². The van der Waals surface area contributed by atoms with E-state index in [-0.39, 0.29) is 0 Å². The molecule has 0 bridgehead atoms. The largest absolute Gasteiger partial charge is 0.329 e. The van der Waals surface area contributed by atoms with Crippen LogP contribution in [0.5, 0.6) is 0 Å². The second-order valence-electron chi connectivity index (χ2n) is 6.04. The number of aryl methyl sites for hydroxylation is 1. The van der Waals surface area contributed by atoms with Crippen LogP contribution in [-0.2, 0) is 6.42 Å². The van der Waals surface area contributed by atoms with E-state index in [9.17, 15) is 0 Å². The SMILES string of the molecule is CCc1ccc(C(CN)N2CCN(CC)CC2CC)cc1. The molecule has 2 atom stereocenters. The Bertz CT molecular complexity index is 415. The summed E-state index contributed by atoms with van der Waals surface area (Å²) in [4.78, 5) is 5.19. The first kappa shape index (κ1) is 16.5. The minimum atomic E-state index is 0.361. The van der Waals surface area contributed by atoms with Crippen LogP contribution < -0.4 is 5.73 Å². The Labute approximate surface area is 130 Å². The second-order valence-corrected chi connectivity index (χ2v) is 6.04. The first-order valence-corrected chi connectivity index (χ1v) is 8.50. The van der Waals surface area contributed by atoms with Crippen molar-refractivity contribution in [2.75, 3.05) is 32.7 Å². The van der Waals surface area contributed by atoms with Gasteiger partial charge in [-0.05, 0) is 30.5 Å². The Morgan fingerprint density at radius 2 is 1.86 bits per heavy atom. The molecule has 1 aromatic carbocycles.